The Morgan fingerprint density at radius 3 is 2.14 bits per heavy atom. The number of pyridine rings is 1. The van der Waals surface area contributed by atoms with Crippen LogP contribution in [0.25, 0.3) is 0 Å². The average molecular weight is 388 g/mol. The highest BCUT2D eigenvalue weighted by Gasteiger charge is 2.10. The second-order valence-corrected chi connectivity index (χ2v) is 7.08. The lowest BCUT2D eigenvalue weighted by Gasteiger charge is -2.14. The van der Waals surface area contributed by atoms with Crippen LogP contribution in [0.4, 0.5) is 22.7 Å². The SMILES string of the molecule is CC(=O)Nc1cccc(NC(=O)c2cncc(Nc3c(C)cc(C)cc3C)c2)c1. The number of nitrogens with zero attached hydrogens (tertiary/aromatic N) is 1. The van der Waals surface area contributed by atoms with Crippen LogP contribution in [0.15, 0.2) is 54.9 Å². The minimum Gasteiger partial charge on any atom is -0.354 e. The molecule has 0 aliphatic heterocycles. The first-order valence-corrected chi connectivity index (χ1v) is 9.31. The second kappa shape index (κ2) is 8.56. The first kappa shape index (κ1) is 20.1. The maximum atomic E-state index is 12.7. The molecule has 0 aliphatic carbocycles. The van der Waals surface area contributed by atoms with Gasteiger partial charge >= 0.3 is 0 Å². The van der Waals surface area contributed by atoms with Gasteiger partial charge in [0, 0.05) is 30.2 Å². The van der Waals surface area contributed by atoms with Gasteiger partial charge in [-0.2, -0.15) is 0 Å². The smallest absolute Gasteiger partial charge is 0.257 e. The van der Waals surface area contributed by atoms with Crippen LogP contribution in [0.3, 0.4) is 0 Å². The number of hydrogen-bond acceptors (Lipinski definition) is 4. The number of carbonyl (C=O) groups excluding carboxylic acids is 2. The minimum absolute atomic E-state index is 0.168. The van der Waals surface area contributed by atoms with Crippen molar-refractivity contribution in [1.82, 2.24) is 4.98 Å². The standard InChI is InChI=1S/C23H24N4O2/c1-14-8-15(2)22(16(3)9-14)26-21-10-18(12-24-13-21)23(29)27-20-7-5-6-19(11-20)25-17(4)28/h5-13,26H,1-4H3,(H,25,28)(H,27,29). The molecular formula is C23H24N4O2. The molecule has 0 aliphatic rings. The van der Waals surface area contributed by atoms with Crippen LogP contribution >= 0.6 is 0 Å². The van der Waals surface area contributed by atoms with Gasteiger partial charge in [0.15, 0.2) is 0 Å². The molecule has 2 aromatic carbocycles. The number of carbonyl (C=O) groups is 2. The third-order valence-corrected chi connectivity index (χ3v) is 4.39. The van der Waals surface area contributed by atoms with E-state index in [1.165, 1.54) is 18.7 Å². The Labute approximate surface area is 170 Å². The van der Waals surface area contributed by atoms with E-state index in [9.17, 15) is 9.59 Å². The lowest BCUT2D eigenvalue weighted by atomic mass is 10.0. The molecule has 0 bridgehead atoms. The molecule has 3 aromatic rings. The van der Waals surface area contributed by atoms with E-state index in [2.05, 4.69) is 40.0 Å². The third kappa shape index (κ3) is 5.19. The molecular weight excluding hydrogens is 364 g/mol. The molecule has 0 saturated heterocycles. The van der Waals surface area contributed by atoms with Crippen LogP contribution in [0, 0.1) is 20.8 Å². The van der Waals surface area contributed by atoms with E-state index in [1.54, 1.807) is 36.5 Å². The van der Waals surface area contributed by atoms with Crippen LogP contribution in [0.5, 0.6) is 0 Å². The number of rotatable bonds is 5. The zero-order valence-electron chi connectivity index (χ0n) is 17.0. The molecule has 0 saturated carbocycles. The lowest BCUT2D eigenvalue weighted by molar-refractivity contribution is -0.114. The number of benzene rings is 2. The monoisotopic (exact) mass is 388 g/mol. The molecule has 6 heteroatoms. The van der Waals surface area contributed by atoms with Gasteiger partial charge < -0.3 is 16.0 Å². The summed E-state index contributed by atoms with van der Waals surface area (Å²) in [4.78, 5) is 28.1. The number of nitrogens with one attached hydrogen (secondary N) is 3. The van der Waals surface area contributed by atoms with E-state index in [-0.39, 0.29) is 11.8 Å². The van der Waals surface area contributed by atoms with Gasteiger partial charge in [0.1, 0.15) is 0 Å². The van der Waals surface area contributed by atoms with Gasteiger partial charge in [-0.05, 0) is 56.2 Å². The topological polar surface area (TPSA) is 83.1 Å². The van der Waals surface area contributed by atoms with Crippen molar-refractivity contribution in [3.05, 3.63) is 77.1 Å². The van der Waals surface area contributed by atoms with Gasteiger partial charge in [0.05, 0.1) is 17.4 Å². The molecule has 1 heterocycles. The largest absolute Gasteiger partial charge is 0.354 e. The van der Waals surface area contributed by atoms with Gasteiger partial charge in [-0.15, -0.1) is 0 Å². The highest BCUT2D eigenvalue weighted by molar-refractivity contribution is 6.05. The Morgan fingerprint density at radius 2 is 1.48 bits per heavy atom. The molecule has 0 atom stereocenters. The van der Waals surface area contributed by atoms with Crippen LogP contribution in [0.1, 0.15) is 34.0 Å². The van der Waals surface area contributed by atoms with E-state index in [0.717, 1.165) is 22.5 Å². The fourth-order valence-corrected chi connectivity index (χ4v) is 3.24. The first-order chi connectivity index (χ1) is 13.8. The highest BCUT2D eigenvalue weighted by Crippen LogP contribution is 2.26. The van der Waals surface area contributed by atoms with Crippen molar-refractivity contribution in [3.8, 4) is 0 Å². The molecule has 3 rings (SSSR count). The number of hydrogen-bond donors (Lipinski definition) is 3. The molecule has 148 valence electrons. The van der Waals surface area contributed by atoms with Crippen LogP contribution in [-0.2, 0) is 4.79 Å². The molecule has 1 aromatic heterocycles. The highest BCUT2D eigenvalue weighted by atomic mass is 16.2. The van der Waals surface area contributed by atoms with Crippen LogP contribution < -0.4 is 16.0 Å². The number of aromatic nitrogens is 1. The number of anilines is 4. The Kier molecular flexibility index (Phi) is 5.93. The third-order valence-electron chi connectivity index (χ3n) is 4.39. The second-order valence-electron chi connectivity index (χ2n) is 7.08. The molecule has 0 fully saturated rings. The summed E-state index contributed by atoms with van der Waals surface area (Å²) >= 11 is 0. The average Bonchev–Trinajstić information content (AvgIpc) is 2.64. The molecule has 29 heavy (non-hydrogen) atoms. The summed E-state index contributed by atoms with van der Waals surface area (Å²) in [6, 6.07) is 13.0. The van der Waals surface area contributed by atoms with Gasteiger partial charge in [0.2, 0.25) is 5.91 Å². The number of amides is 2. The predicted molar refractivity (Wildman–Crippen MR) is 117 cm³/mol. The lowest BCUT2D eigenvalue weighted by Crippen LogP contribution is -2.13. The normalized spacial score (nSPS) is 10.3. The fraction of sp³-hybridized carbons (Fsp3) is 0.174. The molecule has 0 spiro atoms. The summed E-state index contributed by atoms with van der Waals surface area (Å²) in [5.74, 6) is -0.448. The quantitative estimate of drug-likeness (QED) is 0.577. The van der Waals surface area contributed by atoms with Crippen molar-refractivity contribution in [2.45, 2.75) is 27.7 Å². The van der Waals surface area contributed by atoms with E-state index >= 15 is 0 Å². The molecule has 0 radical (unpaired) electrons. The van der Waals surface area contributed by atoms with Gasteiger partial charge in [-0.25, -0.2) is 0 Å². The molecule has 0 unspecified atom stereocenters. The van der Waals surface area contributed by atoms with Crippen molar-refractivity contribution in [1.29, 1.82) is 0 Å². The van der Waals surface area contributed by atoms with E-state index in [0.29, 0.717) is 16.9 Å². The Hall–Kier alpha value is -3.67. The van der Waals surface area contributed by atoms with E-state index in [4.69, 9.17) is 0 Å². The van der Waals surface area contributed by atoms with Crippen LogP contribution in [-0.4, -0.2) is 16.8 Å². The van der Waals surface area contributed by atoms with Gasteiger partial charge in [-0.1, -0.05) is 23.8 Å². The zero-order valence-corrected chi connectivity index (χ0v) is 17.0. The predicted octanol–water partition coefficient (Wildman–Crippen LogP) is 4.96. The Bertz CT molecular complexity index is 1050. The Balaban J connectivity index is 1.77. The summed E-state index contributed by atoms with van der Waals surface area (Å²) < 4.78 is 0. The van der Waals surface area contributed by atoms with Gasteiger partial charge in [0.25, 0.3) is 5.91 Å². The zero-order chi connectivity index (χ0) is 21.0. The summed E-state index contributed by atoms with van der Waals surface area (Å²) in [6.07, 6.45) is 3.21. The maximum absolute atomic E-state index is 12.7. The molecule has 3 N–H and O–H groups in total. The van der Waals surface area contributed by atoms with Crippen molar-refractivity contribution < 1.29 is 9.59 Å². The fourth-order valence-electron chi connectivity index (χ4n) is 3.24. The van der Waals surface area contributed by atoms with Crippen LogP contribution in [0.2, 0.25) is 0 Å². The molecule has 2 amide bonds. The van der Waals surface area contributed by atoms with Gasteiger partial charge in [-0.3, -0.25) is 14.6 Å². The number of aryl methyl sites for hydroxylation is 3. The maximum Gasteiger partial charge on any atom is 0.257 e. The van der Waals surface area contributed by atoms with Crippen molar-refractivity contribution in [2.75, 3.05) is 16.0 Å². The first-order valence-electron chi connectivity index (χ1n) is 9.31. The summed E-state index contributed by atoms with van der Waals surface area (Å²) in [5.41, 5.74) is 6.86. The summed E-state index contributed by atoms with van der Waals surface area (Å²) in [5, 5.41) is 8.90. The van der Waals surface area contributed by atoms with Crippen molar-refractivity contribution in [2.24, 2.45) is 0 Å². The summed E-state index contributed by atoms with van der Waals surface area (Å²) in [7, 11) is 0. The van der Waals surface area contributed by atoms with Crippen molar-refractivity contribution >= 4 is 34.6 Å². The van der Waals surface area contributed by atoms with E-state index in [1.807, 2.05) is 13.8 Å². The van der Waals surface area contributed by atoms with E-state index < -0.39 is 0 Å². The minimum atomic E-state index is -0.279. The van der Waals surface area contributed by atoms with Crippen molar-refractivity contribution in [3.63, 3.8) is 0 Å². The molecule has 6 nitrogen and oxygen atoms in total. The Morgan fingerprint density at radius 1 is 0.828 bits per heavy atom. The summed E-state index contributed by atoms with van der Waals surface area (Å²) in [6.45, 7) is 7.60.